The van der Waals surface area contributed by atoms with Crippen molar-refractivity contribution in [3.63, 3.8) is 0 Å². The number of carbonyl (C=O) groups excluding carboxylic acids is 1. The number of nitrogens with one attached hydrogen (secondary N) is 1. The third-order valence-corrected chi connectivity index (χ3v) is 4.53. The van der Waals surface area contributed by atoms with Crippen molar-refractivity contribution < 1.29 is 14.3 Å². The molecule has 0 radical (unpaired) electrons. The number of hydrogen-bond acceptors (Lipinski definition) is 7. The number of aromatic amines is 1. The average Bonchev–Trinajstić information content (AvgIpc) is 2.60. The van der Waals surface area contributed by atoms with Crippen LogP contribution in [0.2, 0.25) is 0 Å². The maximum Gasteiger partial charge on any atom is 0.270 e. The van der Waals surface area contributed by atoms with Gasteiger partial charge in [0.1, 0.15) is 11.6 Å². The Morgan fingerprint density at radius 1 is 1.46 bits per heavy atom. The highest BCUT2D eigenvalue weighted by molar-refractivity contribution is 14.1. The Labute approximate surface area is 167 Å². The van der Waals surface area contributed by atoms with E-state index in [1.165, 1.54) is 11.8 Å². The van der Waals surface area contributed by atoms with Gasteiger partial charge in [-0.1, -0.05) is 11.8 Å². The van der Waals surface area contributed by atoms with Gasteiger partial charge in [-0.15, -0.1) is 0 Å². The summed E-state index contributed by atoms with van der Waals surface area (Å²) in [7, 11) is 0. The second-order valence-corrected chi connectivity index (χ2v) is 6.84. The Bertz CT molecular complexity index is 939. The Kier molecular flexibility index (Phi) is 6.87. The van der Waals surface area contributed by atoms with Crippen molar-refractivity contribution in [1.82, 2.24) is 9.97 Å². The molecule has 2 aromatic rings. The molecule has 0 spiro atoms. The number of primary amides is 1. The van der Waals surface area contributed by atoms with Crippen molar-refractivity contribution in [2.24, 2.45) is 5.73 Å². The normalized spacial score (nSPS) is 10.2. The number of halogens is 1. The van der Waals surface area contributed by atoms with E-state index < -0.39 is 11.5 Å². The molecular formula is C16H15IN4O4S. The lowest BCUT2D eigenvalue weighted by Gasteiger charge is -2.15. The van der Waals surface area contributed by atoms with E-state index in [4.69, 9.17) is 15.2 Å². The number of ether oxygens (including phenoxy) is 2. The van der Waals surface area contributed by atoms with Crippen LogP contribution in [-0.4, -0.2) is 35.3 Å². The average molecular weight is 486 g/mol. The monoisotopic (exact) mass is 486 g/mol. The molecule has 0 saturated heterocycles. The highest BCUT2D eigenvalue weighted by Crippen LogP contribution is 2.37. The molecule has 8 nitrogen and oxygen atoms in total. The quantitative estimate of drug-likeness (QED) is 0.347. The number of rotatable bonds is 7. The summed E-state index contributed by atoms with van der Waals surface area (Å²) in [5, 5.41) is 9.73. The van der Waals surface area contributed by atoms with Crippen molar-refractivity contribution in [2.75, 3.05) is 19.5 Å². The standard InChI is InChI=1S/C16H15IN4O4S/c1-3-24-11-5-8(4-10(17)14(11)25-7-12(19)22)13-9(6-18)15(23)21-16(20-13)26-2/h4-5H,3,7H2,1-2H3,(H2,19,22)(H,20,21,23). The molecule has 0 atom stereocenters. The van der Waals surface area contributed by atoms with Crippen LogP contribution < -0.4 is 20.8 Å². The second kappa shape index (κ2) is 8.91. The summed E-state index contributed by atoms with van der Waals surface area (Å²) in [6.07, 6.45) is 1.77. The zero-order chi connectivity index (χ0) is 19.3. The summed E-state index contributed by atoms with van der Waals surface area (Å²) in [5.74, 6) is 0.121. The van der Waals surface area contributed by atoms with Crippen molar-refractivity contribution >= 4 is 40.3 Å². The van der Waals surface area contributed by atoms with E-state index in [-0.39, 0.29) is 17.9 Å². The van der Waals surface area contributed by atoms with Crippen LogP contribution in [0.25, 0.3) is 11.3 Å². The number of nitrogens with zero attached hydrogens (tertiary/aromatic N) is 2. The number of hydrogen-bond donors (Lipinski definition) is 2. The van der Waals surface area contributed by atoms with Crippen LogP contribution in [0.3, 0.4) is 0 Å². The molecule has 136 valence electrons. The van der Waals surface area contributed by atoms with E-state index >= 15 is 0 Å². The highest BCUT2D eigenvalue weighted by atomic mass is 127. The fourth-order valence-corrected chi connectivity index (χ4v) is 3.25. The molecule has 0 unspecified atom stereocenters. The predicted molar refractivity (Wildman–Crippen MR) is 105 cm³/mol. The maximum absolute atomic E-state index is 12.1. The van der Waals surface area contributed by atoms with Crippen LogP contribution in [-0.2, 0) is 4.79 Å². The molecule has 3 N–H and O–H groups in total. The minimum Gasteiger partial charge on any atom is -0.490 e. The molecule has 1 heterocycles. The lowest BCUT2D eigenvalue weighted by atomic mass is 10.1. The Morgan fingerprint density at radius 3 is 2.77 bits per heavy atom. The first kappa shape index (κ1) is 20.1. The van der Waals surface area contributed by atoms with Gasteiger partial charge in [-0.3, -0.25) is 9.59 Å². The first-order valence-corrected chi connectivity index (χ1v) is 9.67. The van der Waals surface area contributed by atoms with Gasteiger partial charge in [0.15, 0.2) is 23.3 Å². The number of nitrogens with two attached hydrogens (primary N) is 1. The molecule has 26 heavy (non-hydrogen) atoms. The summed E-state index contributed by atoms with van der Waals surface area (Å²) < 4.78 is 11.6. The summed E-state index contributed by atoms with van der Waals surface area (Å²) in [4.78, 5) is 30.0. The zero-order valence-electron chi connectivity index (χ0n) is 14.0. The molecule has 0 aliphatic rings. The van der Waals surface area contributed by atoms with Crippen LogP contribution in [0, 0.1) is 14.9 Å². The van der Waals surface area contributed by atoms with Crippen molar-refractivity contribution in [2.45, 2.75) is 12.1 Å². The molecule has 0 aliphatic heterocycles. The highest BCUT2D eigenvalue weighted by Gasteiger charge is 2.19. The Morgan fingerprint density at radius 2 is 2.19 bits per heavy atom. The molecule has 10 heteroatoms. The number of thioether (sulfide) groups is 1. The van der Waals surface area contributed by atoms with Crippen molar-refractivity contribution in [1.29, 1.82) is 5.26 Å². The van der Waals surface area contributed by atoms with Crippen LogP contribution in [0.4, 0.5) is 0 Å². The van der Waals surface area contributed by atoms with Gasteiger partial charge in [-0.2, -0.15) is 5.26 Å². The smallest absolute Gasteiger partial charge is 0.270 e. The van der Waals surface area contributed by atoms with E-state index in [0.29, 0.717) is 32.4 Å². The summed E-state index contributed by atoms with van der Waals surface area (Å²) >= 11 is 3.28. The van der Waals surface area contributed by atoms with Gasteiger partial charge < -0.3 is 20.2 Å². The van der Waals surface area contributed by atoms with Gasteiger partial charge in [0.2, 0.25) is 0 Å². The Hall–Kier alpha value is -2.26. The fraction of sp³-hybridized carbons (Fsp3) is 0.250. The van der Waals surface area contributed by atoms with Crippen molar-refractivity contribution in [3.8, 4) is 28.8 Å². The molecule has 2 rings (SSSR count). The van der Waals surface area contributed by atoms with E-state index in [2.05, 4.69) is 9.97 Å². The lowest BCUT2D eigenvalue weighted by Crippen LogP contribution is -2.20. The molecular weight excluding hydrogens is 471 g/mol. The van der Waals surface area contributed by atoms with Gasteiger partial charge in [-0.25, -0.2) is 4.98 Å². The molecule has 0 saturated carbocycles. The zero-order valence-corrected chi connectivity index (χ0v) is 16.9. The van der Waals surface area contributed by atoms with E-state index in [1.807, 2.05) is 28.7 Å². The van der Waals surface area contributed by atoms with E-state index in [0.717, 1.165) is 0 Å². The van der Waals surface area contributed by atoms with Crippen LogP contribution in [0.5, 0.6) is 11.5 Å². The predicted octanol–water partition coefficient (Wildman–Crippen LogP) is 1.90. The minimum atomic E-state index is -0.611. The number of nitriles is 1. The lowest BCUT2D eigenvalue weighted by molar-refractivity contribution is -0.119. The van der Waals surface area contributed by atoms with Gasteiger partial charge in [0.25, 0.3) is 11.5 Å². The van der Waals surface area contributed by atoms with Crippen LogP contribution in [0.1, 0.15) is 12.5 Å². The molecule has 1 aromatic carbocycles. The largest absolute Gasteiger partial charge is 0.490 e. The second-order valence-electron chi connectivity index (χ2n) is 4.88. The number of benzene rings is 1. The minimum absolute atomic E-state index is 0.0909. The van der Waals surface area contributed by atoms with Gasteiger partial charge in [0.05, 0.1) is 15.9 Å². The van der Waals surface area contributed by atoms with Crippen LogP contribution >= 0.6 is 34.4 Å². The summed E-state index contributed by atoms with van der Waals surface area (Å²) in [5.41, 5.74) is 5.31. The first-order valence-electron chi connectivity index (χ1n) is 7.37. The third-order valence-electron chi connectivity index (χ3n) is 3.14. The number of H-pyrrole nitrogens is 1. The number of aromatic nitrogens is 2. The van der Waals surface area contributed by atoms with Gasteiger partial charge in [0, 0.05) is 5.56 Å². The number of carbonyl (C=O) groups is 1. The fourth-order valence-electron chi connectivity index (χ4n) is 2.11. The van der Waals surface area contributed by atoms with Crippen LogP contribution in [0.15, 0.2) is 22.1 Å². The van der Waals surface area contributed by atoms with Gasteiger partial charge in [-0.05, 0) is 47.9 Å². The Balaban J connectivity index is 2.65. The van der Waals surface area contributed by atoms with E-state index in [1.54, 1.807) is 25.3 Å². The van der Waals surface area contributed by atoms with Crippen molar-refractivity contribution in [3.05, 3.63) is 31.6 Å². The topological polar surface area (TPSA) is 131 Å². The van der Waals surface area contributed by atoms with E-state index in [9.17, 15) is 14.9 Å². The summed E-state index contributed by atoms with van der Waals surface area (Å²) in [6.45, 7) is 1.87. The van der Waals surface area contributed by atoms with Gasteiger partial charge >= 0.3 is 0 Å². The summed E-state index contributed by atoms with van der Waals surface area (Å²) in [6, 6.07) is 5.21. The molecule has 1 aromatic heterocycles. The maximum atomic E-state index is 12.1. The molecule has 1 amide bonds. The SMILES string of the molecule is CCOc1cc(-c2nc(SC)[nH]c(=O)c2C#N)cc(I)c1OCC(N)=O. The third kappa shape index (κ3) is 4.47. The number of amides is 1. The molecule has 0 aliphatic carbocycles. The first-order chi connectivity index (χ1) is 12.4. The molecule has 0 fully saturated rings. The molecule has 0 bridgehead atoms.